The molecule has 6 rings (SSSR count). The average molecular weight is 893 g/mol. The van der Waals surface area contributed by atoms with E-state index in [0.717, 1.165) is 30.5 Å². The van der Waals surface area contributed by atoms with Crippen molar-refractivity contribution in [2.75, 3.05) is 31.6 Å². The zero-order valence-corrected chi connectivity index (χ0v) is 36.9. The molecule has 1 aromatic heterocycles. The van der Waals surface area contributed by atoms with Crippen molar-refractivity contribution in [2.24, 2.45) is 29.4 Å². The van der Waals surface area contributed by atoms with E-state index in [0.29, 0.717) is 70.1 Å². The third-order valence-corrected chi connectivity index (χ3v) is 15.1. The van der Waals surface area contributed by atoms with Gasteiger partial charge in [-0.1, -0.05) is 32.4 Å². The Kier molecular flexibility index (Phi) is 13.6. The number of allylic oxidation sites excluding steroid dienone is 2. The number of alkyl carbamates (subject to hydrolysis) is 1. The van der Waals surface area contributed by atoms with Crippen LogP contribution in [0.3, 0.4) is 0 Å². The number of likely N-dealkylation sites (N-methyl/N-ethyl adjacent to an activating group) is 1. The first-order chi connectivity index (χ1) is 29.0. The van der Waals surface area contributed by atoms with Gasteiger partial charge < -0.3 is 35.1 Å². The highest BCUT2D eigenvalue weighted by Gasteiger charge is 2.53. The van der Waals surface area contributed by atoms with Crippen LogP contribution in [0.4, 0.5) is 23.7 Å². The molecule has 2 aliphatic heterocycles. The molecule has 4 aliphatic rings. The van der Waals surface area contributed by atoms with E-state index in [1.807, 2.05) is 44.3 Å². The van der Waals surface area contributed by atoms with Gasteiger partial charge in [-0.15, -0.1) is 0 Å². The number of likely N-dealkylation sites (tertiary alicyclic amines) is 1. The number of aromatic nitrogens is 1. The second-order valence-corrected chi connectivity index (χ2v) is 20.4. The minimum absolute atomic E-state index is 0.00257. The highest BCUT2D eigenvalue weighted by atomic mass is 32.2. The maximum absolute atomic E-state index is 14.5. The predicted octanol–water partition coefficient (Wildman–Crippen LogP) is 5.75. The molecule has 1 unspecified atom stereocenters. The summed E-state index contributed by atoms with van der Waals surface area (Å²) in [5, 5.41) is 3.80. The van der Waals surface area contributed by atoms with Gasteiger partial charge in [0, 0.05) is 36.4 Å². The molecule has 2 saturated carbocycles. The summed E-state index contributed by atoms with van der Waals surface area (Å²) < 4.78 is 85.1. The Morgan fingerprint density at radius 1 is 1.11 bits per heavy atom. The van der Waals surface area contributed by atoms with Gasteiger partial charge in [0.1, 0.15) is 24.8 Å². The number of amides is 4. The van der Waals surface area contributed by atoms with Crippen molar-refractivity contribution in [1.29, 1.82) is 0 Å². The van der Waals surface area contributed by atoms with Crippen LogP contribution < -0.4 is 30.1 Å². The normalized spacial score (nSPS) is 23.9. The fraction of sp³-hybridized carbons (Fsp3) is 0.651. The van der Waals surface area contributed by atoms with E-state index >= 15 is 0 Å². The lowest BCUT2D eigenvalue weighted by atomic mass is 9.87. The number of nitrogens with zero attached hydrogens (tertiary/aromatic N) is 3. The number of hydrogen-bond donors (Lipinski definition) is 3. The quantitative estimate of drug-likeness (QED) is 0.174. The molecule has 342 valence electrons. The third kappa shape index (κ3) is 10.2. The number of pyridine rings is 1. The number of rotatable bonds is 16. The number of fused-ring (bicyclic) bond motifs is 3. The standard InChI is InChI=1S/C43H59F3N6O9S/c1-25(10-7-8-11-27-12-9-13-29(27)37(54)50-62(57,58)42(5)17-18-42)22-26(2)34(49-40(56)61-41(3,4)43(44,45)46)39(55)52-24-28(23-33(52)36(47)53)60-38-31-14-15-32-35(30(31)16-19-48-38)59-21-20-51(32)6/h8,11,14-16,19,25-29,33-34H,7,9-10,12-13,17-18,20-24H2,1-6H3,(H2,47,53)(H,49,56)(H,50,54)/b11-8-/t25-,26-,27-,28-,29?,33+,34+/m1/s1. The smallest absolute Gasteiger partial charge is 0.427 e. The largest absolute Gasteiger partial charge is 0.489 e. The Morgan fingerprint density at radius 3 is 2.52 bits per heavy atom. The lowest BCUT2D eigenvalue weighted by Gasteiger charge is -2.33. The average Bonchev–Trinajstić information content (AvgIpc) is 3.57. The van der Waals surface area contributed by atoms with Crippen molar-refractivity contribution in [3.8, 4) is 11.6 Å². The van der Waals surface area contributed by atoms with E-state index in [1.165, 1.54) is 4.90 Å². The molecule has 0 spiro atoms. The van der Waals surface area contributed by atoms with Gasteiger partial charge in [0.15, 0.2) is 5.75 Å². The van der Waals surface area contributed by atoms with E-state index in [9.17, 15) is 40.8 Å². The number of carbonyl (C=O) groups is 4. The van der Waals surface area contributed by atoms with Crippen LogP contribution in [0.25, 0.3) is 10.8 Å². The Hall–Kier alpha value is -4.81. The number of nitrogens with one attached hydrogen (secondary N) is 2. The summed E-state index contributed by atoms with van der Waals surface area (Å²) in [6.07, 6.45) is 3.08. The van der Waals surface area contributed by atoms with Crippen LogP contribution in [0.15, 0.2) is 36.5 Å². The molecule has 0 radical (unpaired) electrons. The molecule has 4 N–H and O–H groups in total. The second-order valence-electron chi connectivity index (χ2n) is 18.2. The molecule has 4 amide bonds. The summed E-state index contributed by atoms with van der Waals surface area (Å²) in [7, 11) is -1.78. The van der Waals surface area contributed by atoms with Crippen molar-refractivity contribution in [1.82, 2.24) is 19.9 Å². The summed E-state index contributed by atoms with van der Waals surface area (Å²) in [5.41, 5.74) is 3.85. The highest BCUT2D eigenvalue weighted by molar-refractivity contribution is 7.91. The summed E-state index contributed by atoms with van der Waals surface area (Å²) >= 11 is 0. The van der Waals surface area contributed by atoms with Crippen LogP contribution in [0.2, 0.25) is 0 Å². The molecule has 2 aromatic rings. The van der Waals surface area contributed by atoms with Gasteiger partial charge in [0.25, 0.3) is 0 Å². The summed E-state index contributed by atoms with van der Waals surface area (Å²) in [6.45, 7) is 7.74. The first kappa shape index (κ1) is 46.7. The molecule has 3 fully saturated rings. The Morgan fingerprint density at radius 2 is 1.84 bits per heavy atom. The van der Waals surface area contributed by atoms with E-state index in [1.54, 1.807) is 20.0 Å². The van der Waals surface area contributed by atoms with E-state index in [-0.39, 0.29) is 30.7 Å². The number of carbonyl (C=O) groups excluding carboxylic acids is 4. The van der Waals surface area contributed by atoms with Gasteiger partial charge >= 0.3 is 12.3 Å². The van der Waals surface area contributed by atoms with Gasteiger partial charge in [-0.2, -0.15) is 13.2 Å². The van der Waals surface area contributed by atoms with Gasteiger partial charge in [0.2, 0.25) is 39.2 Å². The Balaban J connectivity index is 1.13. The number of anilines is 1. The zero-order valence-electron chi connectivity index (χ0n) is 36.1. The lowest BCUT2D eigenvalue weighted by molar-refractivity contribution is -0.244. The molecule has 15 nitrogen and oxygen atoms in total. The highest BCUT2D eigenvalue weighted by Crippen LogP contribution is 2.43. The molecule has 0 bridgehead atoms. The second kappa shape index (κ2) is 18.1. The van der Waals surface area contributed by atoms with Crippen molar-refractivity contribution in [3.05, 3.63) is 36.5 Å². The summed E-state index contributed by atoms with van der Waals surface area (Å²) in [4.78, 5) is 61.1. The molecule has 3 heterocycles. The minimum Gasteiger partial charge on any atom is -0.489 e. The maximum atomic E-state index is 14.5. The molecular formula is C43H59F3N6O9S. The topological polar surface area (TPSA) is 200 Å². The van der Waals surface area contributed by atoms with Crippen LogP contribution in [-0.4, -0.2) is 104 Å². The van der Waals surface area contributed by atoms with Crippen molar-refractivity contribution in [2.45, 2.75) is 127 Å². The summed E-state index contributed by atoms with van der Waals surface area (Å²) in [6, 6.07) is 2.99. The van der Waals surface area contributed by atoms with Crippen molar-refractivity contribution in [3.63, 3.8) is 0 Å². The fourth-order valence-corrected chi connectivity index (χ4v) is 9.93. The molecule has 1 aromatic carbocycles. The van der Waals surface area contributed by atoms with E-state index in [4.69, 9.17) is 19.9 Å². The number of nitrogens with two attached hydrogens (primary N) is 1. The number of alkyl halides is 3. The number of sulfonamides is 1. The van der Waals surface area contributed by atoms with Crippen LogP contribution >= 0.6 is 0 Å². The van der Waals surface area contributed by atoms with Gasteiger partial charge in [-0.3, -0.25) is 19.1 Å². The lowest BCUT2D eigenvalue weighted by Crippen LogP contribution is -2.56. The zero-order chi connectivity index (χ0) is 45.4. The van der Waals surface area contributed by atoms with Gasteiger partial charge in [-0.05, 0) is 102 Å². The van der Waals surface area contributed by atoms with Crippen molar-refractivity contribution < 1.29 is 55.0 Å². The summed E-state index contributed by atoms with van der Waals surface area (Å²) in [5.74, 6) is -2.40. The monoisotopic (exact) mass is 892 g/mol. The van der Waals surface area contributed by atoms with E-state index in [2.05, 4.69) is 19.9 Å². The molecular weight excluding hydrogens is 834 g/mol. The third-order valence-electron chi connectivity index (χ3n) is 12.9. The number of hydrogen-bond acceptors (Lipinski definition) is 11. The van der Waals surface area contributed by atoms with Crippen LogP contribution in [-0.2, 0) is 29.1 Å². The molecule has 2 aliphatic carbocycles. The van der Waals surface area contributed by atoms with Crippen LogP contribution in [0, 0.1) is 23.7 Å². The number of halogens is 3. The van der Waals surface area contributed by atoms with Gasteiger partial charge in [0.05, 0.1) is 23.5 Å². The first-order valence-corrected chi connectivity index (χ1v) is 22.8. The maximum Gasteiger partial charge on any atom is 0.427 e. The molecule has 19 heteroatoms. The first-order valence-electron chi connectivity index (χ1n) is 21.3. The van der Waals surface area contributed by atoms with Crippen LogP contribution in [0.1, 0.15) is 92.4 Å². The van der Waals surface area contributed by atoms with Gasteiger partial charge in [-0.25, -0.2) is 18.2 Å². The SMILES string of the molecule is C[C@H](CC/C=C\[C@@H]1CCCC1C(=O)NS(=O)(=O)C1(C)CC1)C[C@@H](C)[C@H](NC(=O)OC(C)(C)C(F)(F)F)C(=O)N1C[C@H](Oc2nccc3c4c(ccc23)N(C)CCO4)C[C@H]1C(N)=O. The fourth-order valence-electron chi connectivity index (χ4n) is 8.63. The molecule has 62 heavy (non-hydrogen) atoms. The minimum atomic E-state index is -4.90. The number of primary amides is 1. The van der Waals surface area contributed by atoms with Crippen LogP contribution in [0.5, 0.6) is 11.6 Å². The molecule has 7 atom stereocenters. The predicted molar refractivity (Wildman–Crippen MR) is 225 cm³/mol. The number of ether oxygens (including phenoxy) is 3. The van der Waals surface area contributed by atoms with E-state index < -0.39 is 80.4 Å². The number of benzene rings is 1. The van der Waals surface area contributed by atoms with Crippen molar-refractivity contribution >= 4 is 50.3 Å². The molecule has 1 saturated heterocycles. The Labute approximate surface area is 360 Å². The Bertz CT molecular complexity index is 2160.